The summed E-state index contributed by atoms with van der Waals surface area (Å²) >= 11 is 0. The van der Waals surface area contributed by atoms with Crippen LogP contribution >= 0.6 is 0 Å². The number of aromatic nitrogens is 2. The van der Waals surface area contributed by atoms with Gasteiger partial charge in [0.2, 0.25) is 0 Å². The Morgan fingerprint density at radius 3 is 1.63 bits per heavy atom. The third-order valence-corrected chi connectivity index (χ3v) is 10.9. The Morgan fingerprint density at radius 1 is 0.431 bits per heavy atom. The Labute approximate surface area is 295 Å². The normalized spacial score (nSPS) is 16.4. The molecule has 51 heavy (non-hydrogen) atoms. The lowest BCUT2D eigenvalue weighted by atomic mass is 9.90. The zero-order valence-electron chi connectivity index (χ0n) is 27.8. The maximum atomic E-state index is 6.90. The minimum absolute atomic E-state index is 0.0690. The topological polar surface area (TPSA) is 19.1 Å². The summed E-state index contributed by atoms with van der Waals surface area (Å²) in [4.78, 5) is 0. The number of nitrogens with zero attached hydrogens (tertiary/aromatic N) is 2. The SMILES string of the molecule is C1=CC2Oc3c(cccc3-n3c4ccccc4c4cc(-c5ccccc5)ccc43)C2C=C1n1c2ccccc2c2cc(-c3ccccc3)ccc21. The van der Waals surface area contributed by atoms with Crippen molar-refractivity contribution in [2.75, 3.05) is 0 Å². The third-order valence-electron chi connectivity index (χ3n) is 10.9. The van der Waals surface area contributed by atoms with Crippen LogP contribution in [-0.4, -0.2) is 15.2 Å². The van der Waals surface area contributed by atoms with Crippen molar-refractivity contribution in [3.05, 3.63) is 188 Å². The Balaban J connectivity index is 1.05. The van der Waals surface area contributed by atoms with Gasteiger partial charge in [-0.1, -0.05) is 121 Å². The summed E-state index contributed by atoms with van der Waals surface area (Å²) < 4.78 is 11.7. The predicted molar refractivity (Wildman–Crippen MR) is 212 cm³/mol. The highest BCUT2D eigenvalue weighted by molar-refractivity contribution is 6.12. The molecule has 1 aliphatic carbocycles. The van der Waals surface area contributed by atoms with E-state index in [2.05, 4.69) is 191 Å². The van der Waals surface area contributed by atoms with Gasteiger partial charge in [-0.25, -0.2) is 0 Å². The van der Waals surface area contributed by atoms with Gasteiger partial charge in [-0.15, -0.1) is 0 Å². The van der Waals surface area contributed by atoms with Gasteiger partial charge < -0.3 is 13.9 Å². The maximum Gasteiger partial charge on any atom is 0.148 e. The van der Waals surface area contributed by atoms with E-state index in [0.717, 1.165) is 11.4 Å². The van der Waals surface area contributed by atoms with Crippen LogP contribution in [0.3, 0.4) is 0 Å². The molecule has 2 atom stereocenters. The number of para-hydroxylation sites is 3. The maximum absolute atomic E-state index is 6.90. The van der Waals surface area contributed by atoms with Gasteiger partial charge in [0.25, 0.3) is 0 Å². The van der Waals surface area contributed by atoms with Gasteiger partial charge >= 0.3 is 0 Å². The molecule has 0 N–H and O–H groups in total. The number of benzene rings is 7. The summed E-state index contributed by atoms with van der Waals surface area (Å²) in [7, 11) is 0. The van der Waals surface area contributed by atoms with Crippen LogP contribution in [0.15, 0.2) is 182 Å². The Bertz CT molecular complexity index is 2890. The minimum Gasteiger partial charge on any atom is -0.483 e. The summed E-state index contributed by atoms with van der Waals surface area (Å²) in [5, 5.41) is 5.00. The van der Waals surface area contributed by atoms with E-state index >= 15 is 0 Å². The summed E-state index contributed by atoms with van der Waals surface area (Å²) in [5.74, 6) is 1.05. The van der Waals surface area contributed by atoms with Gasteiger partial charge in [0.05, 0.1) is 27.8 Å². The molecule has 11 rings (SSSR count). The molecule has 2 aliphatic rings. The molecule has 2 aromatic heterocycles. The lowest BCUT2D eigenvalue weighted by Crippen LogP contribution is -2.18. The average Bonchev–Trinajstić information content (AvgIpc) is 3.85. The Hall–Kier alpha value is -6.58. The molecule has 0 fully saturated rings. The average molecular weight is 653 g/mol. The highest BCUT2D eigenvalue weighted by Crippen LogP contribution is 2.48. The van der Waals surface area contributed by atoms with Crippen molar-refractivity contribution < 1.29 is 4.74 Å². The third kappa shape index (κ3) is 4.25. The number of hydrogen-bond acceptors (Lipinski definition) is 1. The van der Waals surface area contributed by atoms with E-state index in [-0.39, 0.29) is 12.0 Å². The smallest absolute Gasteiger partial charge is 0.148 e. The standard InChI is InChI=1S/C48H32N2O/c1-3-12-31(13-4-1)33-22-25-44-39(28-33)36-16-7-9-19-42(36)49(44)35-24-27-47-41(30-35)38-18-11-21-46(48(38)51-47)50-43-20-10-8-17-37(43)40-29-34(23-26-45(40)50)32-14-5-2-6-15-32/h1-30,41,47H. The number of rotatable bonds is 4. The first-order valence-corrected chi connectivity index (χ1v) is 17.7. The molecule has 0 radical (unpaired) electrons. The zero-order chi connectivity index (χ0) is 33.5. The van der Waals surface area contributed by atoms with E-state index < -0.39 is 0 Å². The molecule has 3 heterocycles. The van der Waals surface area contributed by atoms with Crippen molar-refractivity contribution in [1.82, 2.24) is 9.13 Å². The molecule has 3 nitrogen and oxygen atoms in total. The van der Waals surface area contributed by atoms with Crippen LogP contribution in [0.2, 0.25) is 0 Å². The first kappa shape index (κ1) is 28.3. The predicted octanol–water partition coefficient (Wildman–Crippen LogP) is 12.2. The molecule has 0 spiro atoms. The van der Waals surface area contributed by atoms with Crippen LogP contribution < -0.4 is 4.74 Å². The largest absolute Gasteiger partial charge is 0.483 e. The fraction of sp³-hybridized carbons (Fsp3) is 0.0417. The molecule has 0 amide bonds. The number of allylic oxidation sites excluding steroid dienone is 2. The van der Waals surface area contributed by atoms with Gasteiger partial charge in [-0.3, -0.25) is 0 Å². The van der Waals surface area contributed by atoms with Crippen LogP contribution in [0.5, 0.6) is 5.75 Å². The summed E-state index contributed by atoms with van der Waals surface area (Å²) in [6, 6.07) is 59.1. The fourth-order valence-electron chi connectivity index (χ4n) is 8.53. The zero-order valence-corrected chi connectivity index (χ0v) is 27.8. The van der Waals surface area contributed by atoms with E-state index in [1.165, 1.54) is 77.1 Å². The monoisotopic (exact) mass is 652 g/mol. The number of ether oxygens (including phenoxy) is 1. The first-order chi connectivity index (χ1) is 25.3. The molecule has 2 unspecified atom stereocenters. The second kappa shape index (κ2) is 11.0. The highest BCUT2D eigenvalue weighted by atomic mass is 16.5. The van der Waals surface area contributed by atoms with Crippen molar-refractivity contribution in [2.45, 2.75) is 12.0 Å². The van der Waals surface area contributed by atoms with Crippen molar-refractivity contribution in [1.29, 1.82) is 0 Å². The Kier molecular flexibility index (Phi) is 6.08. The summed E-state index contributed by atoms with van der Waals surface area (Å²) in [5.41, 5.74) is 13.1. The van der Waals surface area contributed by atoms with Crippen LogP contribution in [0, 0.1) is 0 Å². The van der Waals surface area contributed by atoms with Crippen LogP contribution in [0.4, 0.5) is 0 Å². The highest BCUT2D eigenvalue weighted by Gasteiger charge is 2.36. The summed E-state index contributed by atoms with van der Waals surface area (Å²) in [6.45, 7) is 0. The summed E-state index contributed by atoms with van der Waals surface area (Å²) in [6.07, 6.45) is 6.84. The molecule has 0 bridgehead atoms. The molecule has 240 valence electrons. The van der Waals surface area contributed by atoms with Crippen molar-refractivity contribution in [2.24, 2.45) is 0 Å². The minimum atomic E-state index is -0.0690. The van der Waals surface area contributed by atoms with E-state index in [4.69, 9.17) is 4.74 Å². The van der Waals surface area contributed by atoms with Gasteiger partial charge in [-0.2, -0.15) is 0 Å². The van der Waals surface area contributed by atoms with Crippen molar-refractivity contribution >= 4 is 49.3 Å². The van der Waals surface area contributed by atoms with Crippen molar-refractivity contribution in [3.63, 3.8) is 0 Å². The van der Waals surface area contributed by atoms with E-state index in [9.17, 15) is 0 Å². The van der Waals surface area contributed by atoms with E-state index in [1.54, 1.807) is 0 Å². The van der Waals surface area contributed by atoms with Gasteiger partial charge in [0.15, 0.2) is 0 Å². The molecule has 3 heteroatoms. The molecular formula is C48H32N2O. The quantitative estimate of drug-likeness (QED) is 0.185. The van der Waals surface area contributed by atoms with Gasteiger partial charge in [-0.05, 0) is 82.9 Å². The van der Waals surface area contributed by atoms with Crippen molar-refractivity contribution in [3.8, 4) is 33.7 Å². The lowest BCUT2D eigenvalue weighted by molar-refractivity contribution is 0.268. The van der Waals surface area contributed by atoms with Gasteiger partial charge in [0, 0.05) is 38.7 Å². The van der Waals surface area contributed by atoms with Gasteiger partial charge in [0.1, 0.15) is 11.9 Å². The lowest BCUT2D eigenvalue weighted by Gasteiger charge is -2.20. The fourth-order valence-corrected chi connectivity index (χ4v) is 8.53. The second-order valence-electron chi connectivity index (χ2n) is 13.7. The van der Waals surface area contributed by atoms with Crippen LogP contribution in [0.25, 0.3) is 77.2 Å². The van der Waals surface area contributed by atoms with Crippen LogP contribution in [0.1, 0.15) is 11.5 Å². The van der Waals surface area contributed by atoms with E-state index in [1.807, 2.05) is 0 Å². The molecule has 9 aromatic rings. The number of hydrogen-bond donors (Lipinski definition) is 0. The van der Waals surface area contributed by atoms with E-state index in [0.29, 0.717) is 0 Å². The number of fused-ring (bicyclic) bond motifs is 9. The second-order valence-corrected chi connectivity index (χ2v) is 13.7. The molecule has 0 saturated carbocycles. The first-order valence-electron chi connectivity index (χ1n) is 17.7. The molecule has 0 saturated heterocycles. The Morgan fingerprint density at radius 2 is 0.980 bits per heavy atom. The molecule has 7 aromatic carbocycles. The molecular weight excluding hydrogens is 621 g/mol. The molecule has 1 aliphatic heterocycles. The van der Waals surface area contributed by atoms with Crippen LogP contribution in [-0.2, 0) is 0 Å².